The minimum atomic E-state index is -0.557. The van der Waals surface area contributed by atoms with Gasteiger partial charge in [-0.3, -0.25) is 14.7 Å². The number of Topliss-reactive ketones (excluding diaryl/α,β-unsaturated/α-hetero) is 1. The predicted octanol–water partition coefficient (Wildman–Crippen LogP) is 6.77. The summed E-state index contributed by atoms with van der Waals surface area (Å²) in [5, 5.41) is 8.80. The highest BCUT2D eigenvalue weighted by molar-refractivity contribution is 7.10. The lowest BCUT2D eigenvalue weighted by Gasteiger charge is -2.34. The molecular formula is C34H29N3O4S. The molecule has 0 amide bonds. The second-order valence-electron chi connectivity index (χ2n) is 10.6. The van der Waals surface area contributed by atoms with Crippen LogP contribution in [0, 0.1) is 0 Å². The third-order valence-corrected chi connectivity index (χ3v) is 9.04. The van der Waals surface area contributed by atoms with Crippen molar-refractivity contribution in [1.29, 1.82) is 0 Å². The van der Waals surface area contributed by atoms with E-state index in [4.69, 9.17) is 9.47 Å². The van der Waals surface area contributed by atoms with Crippen molar-refractivity contribution >= 4 is 22.9 Å². The third kappa shape index (κ3) is 4.63. The zero-order chi connectivity index (χ0) is 28.6. The Morgan fingerprint density at radius 1 is 0.905 bits per heavy atom. The molecule has 8 heteroatoms. The van der Waals surface area contributed by atoms with Gasteiger partial charge in [0.05, 0.1) is 18.4 Å². The van der Waals surface area contributed by atoms with Crippen molar-refractivity contribution in [3.05, 3.63) is 140 Å². The molecule has 2 aromatic heterocycles. The summed E-state index contributed by atoms with van der Waals surface area (Å²) >= 11 is 1.67. The van der Waals surface area contributed by atoms with Crippen LogP contribution in [-0.2, 0) is 11.4 Å². The second kappa shape index (κ2) is 10.9. The number of allylic oxidation sites excluding steroid dienone is 2. The van der Waals surface area contributed by atoms with E-state index in [1.54, 1.807) is 23.1 Å². The number of rotatable bonds is 7. The van der Waals surface area contributed by atoms with Gasteiger partial charge in [-0.1, -0.05) is 60.7 Å². The quantitative estimate of drug-likeness (QED) is 0.224. The number of para-hydroxylation sites is 1. The first-order valence-corrected chi connectivity index (χ1v) is 14.8. The number of carbonyl (C=O) groups excluding carboxylic acids is 1. The number of hydrogen-bond acceptors (Lipinski definition) is 6. The van der Waals surface area contributed by atoms with Gasteiger partial charge in [-0.2, -0.15) is 0 Å². The Morgan fingerprint density at radius 3 is 2.43 bits per heavy atom. The van der Waals surface area contributed by atoms with Gasteiger partial charge < -0.3 is 14.8 Å². The third-order valence-electron chi connectivity index (χ3n) is 8.01. The maximum atomic E-state index is 14.0. The Labute approximate surface area is 247 Å². The molecule has 2 N–H and O–H groups in total. The van der Waals surface area contributed by atoms with Crippen LogP contribution in [0.1, 0.15) is 46.2 Å². The number of nitrogens with zero attached hydrogens (tertiary/aromatic N) is 1. The largest absolute Gasteiger partial charge is 0.493 e. The molecule has 2 aliphatic rings. The normalized spacial score (nSPS) is 17.8. The van der Waals surface area contributed by atoms with Crippen LogP contribution in [0.3, 0.4) is 0 Å². The Kier molecular flexibility index (Phi) is 6.76. The highest BCUT2D eigenvalue weighted by Gasteiger charge is 2.41. The Bertz CT molecular complexity index is 1840. The maximum Gasteiger partial charge on any atom is 0.277 e. The van der Waals surface area contributed by atoms with Crippen LogP contribution in [0.2, 0.25) is 0 Å². The Balaban J connectivity index is 1.33. The van der Waals surface area contributed by atoms with Gasteiger partial charge >= 0.3 is 0 Å². The van der Waals surface area contributed by atoms with E-state index in [0.29, 0.717) is 47.9 Å². The number of nitrogens with one attached hydrogen (secondary N) is 2. The topological polar surface area (TPSA) is 85.4 Å². The molecule has 0 bridgehead atoms. The molecule has 3 aromatic carbocycles. The van der Waals surface area contributed by atoms with E-state index in [2.05, 4.69) is 16.5 Å². The van der Waals surface area contributed by atoms with Gasteiger partial charge in [0.1, 0.15) is 12.4 Å². The molecule has 0 fully saturated rings. The molecule has 42 heavy (non-hydrogen) atoms. The zero-order valence-electron chi connectivity index (χ0n) is 23.0. The molecule has 0 saturated heterocycles. The minimum Gasteiger partial charge on any atom is -0.493 e. The molecule has 7 rings (SSSR count). The number of carbonyl (C=O) groups is 1. The van der Waals surface area contributed by atoms with Crippen molar-refractivity contribution in [2.45, 2.75) is 31.3 Å². The van der Waals surface area contributed by atoms with E-state index in [1.165, 1.54) is 4.88 Å². The predicted molar refractivity (Wildman–Crippen MR) is 164 cm³/mol. The summed E-state index contributed by atoms with van der Waals surface area (Å²) in [6.45, 7) is 0.394. The van der Waals surface area contributed by atoms with Gasteiger partial charge in [-0.25, -0.2) is 4.68 Å². The van der Waals surface area contributed by atoms with E-state index >= 15 is 0 Å². The van der Waals surface area contributed by atoms with Gasteiger partial charge in [-0.05, 0) is 53.3 Å². The first-order valence-electron chi connectivity index (χ1n) is 13.9. The fourth-order valence-corrected chi connectivity index (χ4v) is 6.86. The molecule has 0 radical (unpaired) electrons. The number of hydrogen-bond donors (Lipinski definition) is 2. The summed E-state index contributed by atoms with van der Waals surface area (Å²) < 4.78 is 13.4. The molecule has 7 nitrogen and oxygen atoms in total. The lowest BCUT2D eigenvalue weighted by Crippen LogP contribution is -2.31. The number of H-pyrrole nitrogens is 1. The molecule has 5 aromatic rings. The van der Waals surface area contributed by atoms with Gasteiger partial charge in [-0.15, -0.1) is 11.3 Å². The number of methoxy groups -OCH3 is 1. The summed E-state index contributed by atoms with van der Waals surface area (Å²) in [5.41, 5.74) is 4.38. The van der Waals surface area contributed by atoms with Crippen molar-refractivity contribution in [2.75, 3.05) is 12.4 Å². The average Bonchev–Trinajstić information content (AvgIpc) is 3.68. The molecule has 0 spiro atoms. The van der Waals surface area contributed by atoms with Crippen LogP contribution < -0.4 is 20.3 Å². The van der Waals surface area contributed by atoms with Crippen LogP contribution in [0.5, 0.6) is 11.5 Å². The van der Waals surface area contributed by atoms with Crippen molar-refractivity contribution in [3.63, 3.8) is 0 Å². The molecule has 1 aliphatic heterocycles. The number of anilines is 1. The number of ketones is 1. The standard InChI is InChI=1S/C34H29N3O4S/c1-40-28-19-22(14-15-27(28)41-20-21-9-4-2-5-10-21)30-31-25(17-23(18-26(31)38)29-13-8-16-42-29)35-33-32(30)34(39)37(36-33)24-11-6-3-7-12-24/h2-16,19,23,30,35-36H,17-18,20H2,1H3. The maximum absolute atomic E-state index is 14.0. The molecule has 2 unspecified atom stereocenters. The summed E-state index contributed by atoms with van der Waals surface area (Å²) in [5.74, 6) is 1.33. The highest BCUT2D eigenvalue weighted by Crippen LogP contribution is 2.48. The van der Waals surface area contributed by atoms with E-state index < -0.39 is 5.92 Å². The fraction of sp³-hybridized carbons (Fsp3) is 0.176. The smallest absolute Gasteiger partial charge is 0.277 e. The van der Waals surface area contributed by atoms with Gasteiger partial charge in [0.15, 0.2) is 17.3 Å². The number of aromatic nitrogens is 2. The molecule has 2 atom stereocenters. The lowest BCUT2D eigenvalue weighted by molar-refractivity contribution is -0.116. The highest BCUT2D eigenvalue weighted by atomic mass is 32.1. The van der Waals surface area contributed by atoms with Crippen LogP contribution in [0.4, 0.5) is 5.82 Å². The summed E-state index contributed by atoms with van der Waals surface area (Å²) in [6, 6.07) is 29.2. The van der Waals surface area contributed by atoms with Crippen LogP contribution in [0.15, 0.2) is 112 Å². The number of benzene rings is 3. The first-order chi connectivity index (χ1) is 20.6. The minimum absolute atomic E-state index is 0.0491. The second-order valence-corrected chi connectivity index (χ2v) is 11.5. The van der Waals surface area contributed by atoms with Gasteiger partial charge in [0.2, 0.25) is 0 Å². The van der Waals surface area contributed by atoms with Crippen molar-refractivity contribution in [3.8, 4) is 17.2 Å². The molecular weight excluding hydrogens is 546 g/mol. The monoisotopic (exact) mass is 575 g/mol. The van der Waals surface area contributed by atoms with Gasteiger partial charge in [0, 0.05) is 34.4 Å². The van der Waals surface area contributed by atoms with Crippen LogP contribution >= 0.6 is 11.3 Å². The van der Waals surface area contributed by atoms with E-state index in [1.807, 2.05) is 90.3 Å². The number of thiophene rings is 1. The summed E-state index contributed by atoms with van der Waals surface area (Å²) in [6.07, 6.45) is 1.09. The molecule has 3 heterocycles. The van der Waals surface area contributed by atoms with Crippen molar-refractivity contribution in [2.24, 2.45) is 0 Å². The van der Waals surface area contributed by atoms with E-state index in [9.17, 15) is 9.59 Å². The number of fused-ring (bicyclic) bond motifs is 1. The Morgan fingerprint density at radius 2 is 1.69 bits per heavy atom. The van der Waals surface area contributed by atoms with Crippen LogP contribution in [-0.4, -0.2) is 22.7 Å². The Hall–Kier alpha value is -4.82. The average molecular weight is 576 g/mol. The first kappa shape index (κ1) is 26.1. The molecule has 210 valence electrons. The van der Waals surface area contributed by atoms with E-state index in [-0.39, 0.29) is 17.3 Å². The zero-order valence-corrected chi connectivity index (χ0v) is 23.8. The molecule has 1 aliphatic carbocycles. The number of aromatic amines is 1. The fourth-order valence-electron chi connectivity index (χ4n) is 6.03. The van der Waals surface area contributed by atoms with Crippen molar-refractivity contribution in [1.82, 2.24) is 9.78 Å². The summed E-state index contributed by atoms with van der Waals surface area (Å²) in [4.78, 5) is 29.1. The summed E-state index contributed by atoms with van der Waals surface area (Å²) in [7, 11) is 1.60. The van der Waals surface area contributed by atoms with Gasteiger partial charge in [0.25, 0.3) is 5.56 Å². The van der Waals surface area contributed by atoms with E-state index in [0.717, 1.165) is 22.5 Å². The van der Waals surface area contributed by atoms with Crippen molar-refractivity contribution < 1.29 is 14.3 Å². The number of ether oxygens (including phenoxy) is 2. The van der Waals surface area contributed by atoms with Crippen LogP contribution in [0.25, 0.3) is 5.69 Å². The SMILES string of the molecule is COc1cc(C2C3=C(CC(c4cccs4)CC3=O)Nc3[nH]n(-c4ccccc4)c(=O)c32)ccc1OCc1ccccc1. The lowest BCUT2D eigenvalue weighted by atomic mass is 9.74. The molecule has 0 saturated carbocycles.